The van der Waals surface area contributed by atoms with Crippen molar-refractivity contribution in [1.29, 1.82) is 0 Å². The molecule has 0 spiro atoms. The van der Waals surface area contributed by atoms with Crippen molar-refractivity contribution in [2.24, 2.45) is 5.92 Å². The van der Waals surface area contributed by atoms with Crippen LogP contribution in [0.5, 0.6) is 0 Å². The summed E-state index contributed by atoms with van der Waals surface area (Å²) < 4.78 is 0. The van der Waals surface area contributed by atoms with Gasteiger partial charge in [0, 0.05) is 26.2 Å². The number of hydrogen-bond donors (Lipinski definition) is 0. The molecule has 0 saturated heterocycles. The summed E-state index contributed by atoms with van der Waals surface area (Å²) in [6.45, 7) is 14.3. The lowest BCUT2D eigenvalue weighted by atomic mass is 10.0. The van der Waals surface area contributed by atoms with Crippen molar-refractivity contribution in [1.82, 2.24) is 15.0 Å². The Morgan fingerprint density at radius 2 is 1.29 bits per heavy atom. The van der Waals surface area contributed by atoms with E-state index in [0.717, 1.165) is 39.0 Å². The lowest BCUT2D eigenvalue weighted by Crippen LogP contribution is -2.32. The minimum absolute atomic E-state index is 0.268. The zero-order valence-corrected chi connectivity index (χ0v) is 14.7. The highest BCUT2D eigenvalue weighted by Crippen LogP contribution is 2.19. The second-order valence-electron chi connectivity index (χ2n) is 5.10. The van der Waals surface area contributed by atoms with Crippen molar-refractivity contribution in [3.05, 3.63) is 5.28 Å². The highest BCUT2D eigenvalue weighted by atomic mass is 35.5. The van der Waals surface area contributed by atoms with Gasteiger partial charge >= 0.3 is 0 Å². The Morgan fingerprint density at radius 1 is 0.810 bits per heavy atom. The molecule has 0 bridgehead atoms. The number of nitrogens with zero attached hydrogens (tertiary/aromatic N) is 5. The maximum Gasteiger partial charge on any atom is 0.231 e. The van der Waals surface area contributed by atoms with Gasteiger partial charge in [0.15, 0.2) is 0 Å². The predicted octanol–water partition coefficient (Wildman–Crippen LogP) is 3.63. The van der Waals surface area contributed by atoms with Crippen LogP contribution in [0.3, 0.4) is 0 Å². The van der Waals surface area contributed by atoms with Crippen LogP contribution in [0.4, 0.5) is 11.9 Å². The molecule has 0 amide bonds. The van der Waals surface area contributed by atoms with E-state index < -0.39 is 0 Å². The van der Waals surface area contributed by atoms with Gasteiger partial charge < -0.3 is 9.80 Å². The molecule has 120 valence electrons. The molecule has 6 heteroatoms. The maximum absolute atomic E-state index is 6.10. The maximum atomic E-state index is 6.10. The zero-order valence-electron chi connectivity index (χ0n) is 13.9. The van der Waals surface area contributed by atoms with Crippen molar-refractivity contribution >= 4 is 23.5 Å². The Hall–Kier alpha value is -1.10. The molecule has 0 radical (unpaired) electrons. The second-order valence-corrected chi connectivity index (χ2v) is 5.44. The third kappa shape index (κ3) is 4.99. The third-order valence-electron chi connectivity index (χ3n) is 3.93. The van der Waals surface area contributed by atoms with Crippen LogP contribution in [0.25, 0.3) is 0 Å². The van der Waals surface area contributed by atoms with Gasteiger partial charge in [-0.05, 0) is 38.3 Å². The van der Waals surface area contributed by atoms with Crippen LogP contribution in [-0.2, 0) is 0 Å². The van der Waals surface area contributed by atoms with Crippen molar-refractivity contribution in [3.63, 3.8) is 0 Å². The standard InChI is InChI=1S/C15H28ClN5/c1-6-12(7-2)11-21(10-5)15-18-13(16)17-14(19-15)20(8-3)9-4/h12H,6-11H2,1-5H3. The minimum atomic E-state index is 0.268. The van der Waals surface area contributed by atoms with Crippen LogP contribution in [-0.4, -0.2) is 41.1 Å². The van der Waals surface area contributed by atoms with Crippen molar-refractivity contribution in [3.8, 4) is 0 Å². The Morgan fingerprint density at radius 3 is 1.71 bits per heavy atom. The summed E-state index contributed by atoms with van der Waals surface area (Å²) in [7, 11) is 0. The van der Waals surface area contributed by atoms with Gasteiger partial charge in [0.25, 0.3) is 0 Å². The summed E-state index contributed by atoms with van der Waals surface area (Å²) in [5, 5.41) is 0.268. The Balaban J connectivity index is 3.03. The lowest BCUT2D eigenvalue weighted by Gasteiger charge is -2.26. The van der Waals surface area contributed by atoms with Gasteiger partial charge in [-0.1, -0.05) is 26.7 Å². The first kappa shape index (κ1) is 18.0. The molecule has 0 unspecified atom stereocenters. The second kappa shape index (κ2) is 9.03. The lowest BCUT2D eigenvalue weighted by molar-refractivity contribution is 0.482. The van der Waals surface area contributed by atoms with Crippen LogP contribution in [0.2, 0.25) is 5.28 Å². The SMILES string of the molecule is CCC(CC)CN(CC)c1nc(Cl)nc(N(CC)CC)n1. The molecular formula is C15H28ClN5. The Kier molecular flexibility index (Phi) is 7.72. The van der Waals surface area contributed by atoms with Gasteiger partial charge in [-0.15, -0.1) is 0 Å². The highest BCUT2D eigenvalue weighted by Gasteiger charge is 2.17. The van der Waals surface area contributed by atoms with Crippen molar-refractivity contribution in [2.75, 3.05) is 36.0 Å². The van der Waals surface area contributed by atoms with Crippen LogP contribution in [0.15, 0.2) is 0 Å². The average molecular weight is 314 g/mol. The van der Waals surface area contributed by atoms with E-state index in [9.17, 15) is 0 Å². The average Bonchev–Trinajstić information content (AvgIpc) is 2.49. The minimum Gasteiger partial charge on any atom is -0.341 e. The van der Waals surface area contributed by atoms with Crippen LogP contribution < -0.4 is 9.80 Å². The van der Waals surface area contributed by atoms with Gasteiger partial charge in [-0.3, -0.25) is 0 Å². The smallest absolute Gasteiger partial charge is 0.231 e. The van der Waals surface area contributed by atoms with Gasteiger partial charge in [0.05, 0.1) is 0 Å². The molecule has 0 aromatic carbocycles. The van der Waals surface area contributed by atoms with Crippen LogP contribution in [0.1, 0.15) is 47.5 Å². The summed E-state index contributed by atoms with van der Waals surface area (Å²) in [6.07, 6.45) is 2.32. The van der Waals surface area contributed by atoms with Gasteiger partial charge in [-0.25, -0.2) is 0 Å². The number of anilines is 2. The first-order valence-electron chi connectivity index (χ1n) is 8.00. The molecule has 0 N–H and O–H groups in total. The number of halogens is 1. The first-order valence-corrected chi connectivity index (χ1v) is 8.38. The molecule has 0 aliphatic heterocycles. The molecule has 0 fully saturated rings. The fourth-order valence-electron chi connectivity index (χ4n) is 2.33. The van der Waals surface area contributed by atoms with Gasteiger partial charge in [-0.2, -0.15) is 15.0 Å². The summed E-state index contributed by atoms with van der Waals surface area (Å²) in [5.41, 5.74) is 0. The van der Waals surface area contributed by atoms with E-state index in [1.165, 1.54) is 0 Å². The van der Waals surface area contributed by atoms with Crippen LogP contribution >= 0.6 is 11.6 Å². The number of rotatable bonds is 9. The summed E-state index contributed by atoms with van der Waals surface area (Å²) in [5.74, 6) is 2.00. The molecule has 1 aromatic heterocycles. The fraction of sp³-hybridized carbons (Fsp3) is 0.800. The molecule has 1 aromatic rings. The molecule has 0 atom stereocenters. The quantitative estimate of drug-likeness (QED) is 0.696. The van der Waals surface area contributed by atoms with E-state index in [-0.39, 0.29) is 5.28 Å². The molecule has 1 heterocycles. The fourth-order valence-corrected chi connectivity index (χ4v) is 2.48. The summed E-state index contributed by atoms with van der Waals surface area (Å²) >= 11 is 6.10. The molecule has 0 aliphatic carbocycles. The predicted molar refractivity (Wildman–Crippen MR) is 90.4 cm³/mol. The van der Waals surface area contributed by atoms with E-state index in [0.29, 0.717) is 17.8 Å². The monoisotopic (exact) mass is 313 g/mol. The first-order chi connectivity index (χ1) is 10.1. The number of aromatic nitrogens is 3. The summed E-state index contributed by atoms with van der Waals surface area (Å²) in [6, 6.07) is 0. The molecule has 1 rings (SSSR count). The van der Waals surface area contributed by atoms with E-state index in [1.54, 1.807) is 0 Å². The van der Waals surface area contributed by atoms with E-state index in [4.69, 9.17) is 11.6 Å². The van der Waals surface area contributed by atoms with Gasteiger partial charge in [0.2, 0.25) is 17.2 Å². The van der Waals surface area contributed by atoms with Crippen LogP contribution in [0, 0.1) is 5.92 Å². The largest absolute Gasteiger partial charge is 0.341 e. The Bertz CT molecular complexity index is 419. The number of hydrogen-bond acceptors (Lipinski definition) is 5. The molecular weight excluding hydrogens is 286 g/mol. The highest BCUT2D eigenvalue weighted by molar-refractivity contribution is 6.28. The van der Waals surface area contributed by atoms with E-state index >= 15 is 0 Å². The normalized spacial score (nSPS) is 11.0. The van der Waals surface area contributed by atoms with E-state index in [1.807, 2.05) is 0 Å². The topological polar surface area (TPSA) is 45.2 Å². The van der Waals surface area contributed by atoms with Crippen molar-refractivity contribution < 1.29 is 0 Å². The molecule has 5 nitrogen and oxygen atoms in total. The Labute approximate surface area is 133 Å². The van der Waals surface area contributed by atoms with Crippen molar-refractivity contribution in [2.45, 2.75) is 47.5 Å². The summed E-state index contributed by atoms with van der Waals surface area (Å²) in [4.78, 5) is 17.5. The molecule has 0 saturated carbocycles. The molecule has 0 aliphatic rings. The van der Waals surface area contributed by atoms with Gasteiger partial charge in [0.1, 0.15) is 0 Å². The molecule has 21 heavy (non-hydrogen) atoms. The van der Waals surface area contributed by atoms with E-state index in [2.05, 4.69) is 59.4 Å². The zero-order chi connectivity index (χ0) is 15.8. The third-order valence-corrected chi connectivity index (χ3v) is 4.10.